The first-order chi connectivity index (χ1) is 15.5. The third-order valence-electron chi connectivity index (χ3n) is 6.24. The van der Waals surface area contributed by atoms with E-state index in [0.29, 0.717) is 11.4 Å². The molecule has 0 unspecified atom stereocenters. The Balaban J connectivity index is 1.51. The van der Waals surface area contributed by atoms with E-state index >= 15 is 0 Å². The average Bonchev–Trinajstić information content (AvgIpc) is 3.29. The lowest BCUT2D eigenvalue weighted by Crippen LogP contribution is -2.29. The van der Waals surface area contributed by atoms with Crippen LogP contribution in [0, 0.1) is 5.92 Å². The van der Waals surface area contributed by atoms with Crippen LogP contribution in [-0.4, -0.2) is 15.5 Å². The highest BCUT2D eigenvalue weighted by atomic mass is 35.5. The molecule has 164 valence electrons. The lowest BCUT2D eigenvalue weighted by atomic mass is 9.77. The van der Waals surface area contributed by atoms with Crippen molar-refractivity contribution in [3.05, 3.63) is 95.0 Å². The van der Waals surface area contributed by atoms with E-state index in [9.17, 15) is 8.42 Å². The quantitative estimate of drug-likeness (QED) is 0.454. The fourth-order valence-electron chi connectivity index (χ4n) is 4.71. The third kappa shape index (κ3) is 3.63. The van der Waals surface area contributed by atoms with Crippen molar-refractivity contribution in [3.8, 4) is 5.75 Å². The molecule has 5 nitrogen and oxygen atoms in total. The van der Waals surface area contributed by atoms with Crippen LogP contribution in [0.25, 0.3) is 0 Å². The van der Waals surface area contributed by atoms with Crippen LogP contribution in [0.2, 0.25) is 5.02 Å². The molecule has 0 saturated heterocycles. The number of hydrogen-bond donors (Lipinski definition) is 2. The lowest BCUT2D eigenvalue weighted by Gasteiger charge is -2.38. The Bertz CT molecular complexity index is 1310. The van der Waals surface area contributed by atoms with Gasteiger partial charge in [0.1, 0.15) is 5.75 Å². The van der Waals surface area contributed by atoms with Crippen LogP contribution in [0.3, 0.4) is 0 Å². The van der Waals surface area contributed by atoms with E-state index in [1.54, 1.807) is 36.4 Å². The van der Waals surface area contributed by atoms with Gasteiger partial charge in [0.2, 0.25) is 0 Å². The average molecular weight is 467 g/mol. The zero-order chi connectivity index (χ0) is 22.3. The van der Waals surface area contributed by atoms with Crippen LogP contribution < -0.4 is 14.8 Å². The van der Waals surface area contributed by atoms with Crippen LogP contribution in [0.4, 0.5) is 11.4 Å². The number of anilines is 2. The Labute approximate surface area is 193 Å². The van der Waals surface area contributed by atoms with Crippen molar-refractivity contribution in [2.45, 2.75) is 23.3 Å². The first kappa shape index (κ1) is 20.9. The van der Waals surface area contributed by atoms with Gasteiger partial charge in [0, 0.05) is 16.6 Å². The van der Waals surface area contributed by atoms with E-state index in [4.69, 9.17) is 16.3 Å². The summed E-state index contributed by atoms with van der Waals surface area (Å²) in [4.78, 5) is 0.221. The lowest BCUT2D eigenvalue weighted by molar-refractivity contribution is 0.417. The molecule has 1 aliphatic carbocycles. The number of halogens is 1. The van der Waals surface area contributed by atoms with Gasteiger partial charge in [0.25, 0.3) is 10.0 Å². The summed E-state index contributed by atoms with van der Waals surface area (Å²) in [7, 11) is -2.27. The number of methoxy groups -OCH3 is 1. The molecule has 32 heavy (non-hydrogen) atoms. The zero-order valence-electron chi connectivity index (χ0n) is 17.5. The van der Waals surface area contributed by atoms with Crippen LogP contribution in [0.5, 0.6) is 5.75 Å². The molecule has 5 rings (SSSR count). The summed E-state index contributed by atoms with van der Waals surface area (Å²) in [5, 5.41) is 4.35. The van der Waals surface area contributed by atoms with E-state index in [1.807, 2.05) is 24.3 Å². The molecule has 0 bridgehead atoms. The maximum absolute atomic E-state index is 13.2. The van der Waals surface area contributed by atoms with Crippen molar-refractivity contribution in [2.75, 3.05) is 17.1 Å². The molecule has 2 aliphatic rings. The van der Waals surface area contributed by atoms with Crippen molar-refractivity contribution in [1.29, 1.82) is 0 Å². The molecule has 0 fully saturated rings. The number of para-hydroxylation sites is 2. The van der Waals surface area contributed by atoms with Crippen molar-refractivity contribution < 1.29 is 13.2 Å². The molecule has 3 atom stereocenters. The van der Waals surface area contributed by atoms with Gasteiger partial charge in [0.05, 0.1) is 23.7 Å². The monoisotopic (exact) mass is 466 g/mol. The van der Waals surface area contributed by atoms with Gasteiger partial charge in [-0.05, 0) is 59.9 Å². The van der Waals surface area contributed by atoms with Crippen LogP contribution >= 0.6 is 11.6 Å². The second-order valence-corrected chi connectivity index (χ2v) is 10.1. The molecular weight excluding hydrogens is 444 g/mol. The number of benzene rings is 3. The summed E-state index contributed by atoms with van der Waals surface area (Å²) in [5.74, 6) is 0.855. The van der Waals surface area contributed by atoms with Crippen LogP contribution in [0.1, 0.15) is 29.5 Å². The Hall–Kier alpha value is -2.96. The largest absolute Gasteiger partial charge is 0.495 e. The highest BCUT2D eigenvalue weighted by Crippen LogP contribution is 2.51. The predicted molar refractivity (Wildman–Crippen MR) is 128 cm³/mol. The Morgan fingerprint density at radius 2 is 1.81 bits per heavy atom. The van der Waals surface area contributed by atoms with Crippen LogP contribution in [-0.2, 0) is 10.0 Å². The molecule has 1 aliphatic heterocycles. The molecule has 0 spiro atoms. The second kappa shape index (κ2) is 8.19. The van der Waals surface area contributed by atoms with Crippen LogP contribution in [0.15, 0.2) is 83.8 Å². The third-order valence-corrected chi connectivity index (χ3v) is 7.94. The van der Waals surface area contributed by atoms with Crippen molar-refractivity contribution in [1.82, 2.24) is 0 Å². The van der Waals surface area contributed by atoms with Gasteiger partial charge in [-0.2, -0.15) is 0 Å². The first-order valence-corrected chi connectivity index (χ1v) is 12.3. The maximum Gasteiger partial charge on any atom is 0.262 e. The van der Waals surface area contributed by atoms with Gasteiger partial charge in [0.15, 0.2) is 0 Å². The Morgan fingerprint density at radius 3 is 2.62 bits per heavy atom. The summed E-state index contributed by atoms with van der Waals surface area (Å²) in [6, 6.07) is 20.2. The summed E-state index contributed by atoms with van der Waals surface area (Å²) < 4.78 is 34.2. The smallest absolute Gasteiger partial charge is 0.262 e. The topological polar surface area (TPSA) is 67.4 Å². The summed E-state index contributed by atoms with van der Waals surface area (Å²) >= 11 is 6.50. The molecule has 1 heterocycles. The standard InChI is InChI=1S/C25H23ClN2O3S/c1-31-24-12-5-4-11-23(24)28-32(29,30)16-13-14-22-20(15-16)17-8-6-9-18(17)25(27-22)19-7-2-3-10-21(19)26/h2-8,10-15,17-18,25,27-28H,9H2,1H3/t17-,18+,25+/m1/s1. The van der Waals surface area contributed by atoms with E-state index < -0.39 is 10.0 Å². The fraction of sp³-hybridized carbons (Fsp3) is 0.200. The highest BCUT2D eigenvalue weighted by Gasteiger charge is 2.39. The van der Waals surface area contributed by atoms with Gasteiger partial charge >= 0.3 is 0 Å². The normalized spacial score (nSPS) is 21.4. The number of nitrogens with one attached hydrogen (secondary N) is 2. The summed E-state index contributed by atoms with van der Waals surface area (Å²) in [5.41, 5.74) is 3.38. The summed E-state index contributed by atoms with van der Waals surface area (Å²) in [6.45, 7) is 0. The van der Waals surface area contributed by atoms with Crippen molar-refractivity contribution in [2.24, 2.45) is 5.92 Å². The Kier molecular flexibility index (Phi) is 5.35. The molecule has 2 N–H and O–H groups in total. The molecule has 0 aromatic heterocycles. The van der Waals surface area contributed by atoms with Gasteiger partial charge in [-0.1, -0.05) is 54.1 Å². The molecule has 3 aromatic carbocycles. The highest BCUT2D eigenvalue weighted by molar-refractivity contribution is 7.92. The SMILES string of the molecule is COc1ccccc1NS(=O)(=O)c1ccc2c(c1)[C@@H]1C=CC[C@@H]1[C@@H](c1ccccc1Cl)N2. The minimum Gasteiger partial charge on any atom is -0.495 e. The van der Waals surface area contributed by atoms with Crippen molar-refractivity contribution >= 4 is 33.0 Å². The fourth-order valence-corrected chi connectivity index (χ4v) is 6.07. The van der Waals surface area contributed by atoms with E-state index in [1.165, 1.54) is 7.11 Å². The number of rotatable bonds is 5. The minimum absolute atomic E-state index is 0.0605. The maximum atomic E-state index is 13.2. The van der Waals surface area contributed by atoms with Crippen molar-refractivity contribution in [3.63, 3.8) is 0 Å². The zero-order valence-corrected chi connectivity index (χ0v) is 19.0. The predicted octanol–water partition coefficient (Wildman–Crippen LogP) is 5.98. The number of hydrogen-bond acceptors (Lipinski definition) is 4. The minimum atomic E-state index is -3.78. The Morgan fingerprint density at radius 1 is 1.03 bits per heavy atom. The van der Waals surface area contributed by atoms with E-state index in [2.05, 4.69) is 28.3 Å². The van der Waals surface area contributed by atoms with E-state index in [-0.39, 0.29) is 22.8 Å². The van der Waals surface area contributed by atoms with Gasteiger partial charge < -0.3 is 10.1 Å². The van der Waals surface area contributed by atoms with Gasteiger partial charge in [-0.25, -0.2) is 8.42 Å². The number of ether oxygens (including phenoxy) is 1. The first-order valence-electron chi connectivity index (χ1n) is 10.5. The summed E-state index contributed by atoms with van der Waals surface area (Å²) in [6.07, 6.45) is 5.26. The number of fused-ring (bicyclic) bond motifs is 3. The molecule has 0 saturated carbocycles. The molecular formula is C25H23ClN2O3S. The number of allylic oxidation sites excluding steroid dienone is 2. The van der Waals surface area contributed by atoms with Gasteiger partial charge in [-0.15, -0.1) is 0 Å². The second-order valence-electron chi connectivity index (χ2n) is 8.05. The molecule has 7 heteroatoms. The molecule has 0 radical (unpaired) electrons. The van der Waals surface area contributed by atoms with E-state index in [0.717, 1.165) is 28.3 Å². The van der Waals surface area contributed by atoms with Gasteiger partial charge in [-0.3, -0.25) is 4.72 Å². The molecule has 3 aromatic rings. The number of sulfonamides is 1. The molecule has 0 amide bonds.